The summed E-state index contributed by atoms with van der Waals surface area (Å²) in [4.78, 5) is 0. The number of hydrogen-bond acceptors (Lipinski definition) is 2. The topological polar surface area (TPSA) is 21.3 Å². The number of benzene rings is 1. The van der Waals surface area contributed by atoms with E-state index in [0.29, 0.717) is 18.2 Å². The molecule has 1 fully saturated rings. The number of halogens is 1. The van der Waals surface area contributed by atoms with Gasteiger partial charge in [-0.1, -0.05) is 32.0 Å². The molecule has 2 unspecified atom stereocenters. The Hall–Kier alpha value is -0.930. The molecule has 0 spiro atoms. The Bertz CT molecular complexity index is 409. The van der Waals surface area contributed by atoms with Crippen LogP contribution in [0.4, 0.5) is 4.39 Å². The zero-order chi connectivity index (χ0) is 13.7. The van der Waals surface area contributed by atoms with E-state index < -0.39 is 5.60 Å². The maximum absolute atomic E-state index is 14.1. The molecule has 1 aliphatic heterocycles. The van der Waals surface area contributed by atoms with Gasteiger partial charge in [0.15, 0.2) is 0 Å². The van der Waals surface area contributed by atoms with Crippen LogP contribution in [0.15, 0.2) is 24.3 Å². The van der Waals surface area contributed by atoms with Crippen LogP contribution in [0.3, 0.4) is 0 Å². The van der Waals surface area contributed by atoms with Gasteiger partial charge in [0.2, 0.25) is 0 Å². The first-order valence-corrected chi connectivity index (χ1v) is 7.34. The maximum atomic E-state index is 14.1. The molecule has 0 bridgehead atoms. The molecule has 2 nitrogen and oxygen atoms in total. The molecule has 1 saturated heterocycles. The molecule has 19 heavy (non-hydrogen) atoms. The van der Waals surface area contributed by atoms with E-state index in [0.717, 1.165) is 32.2 Å². The molecule has 106 valence electrons. The first kappa shape index (κ1) is 14.5. The van der Waals surface area contributed by atoms with Gasteiger partial charge >= 0.3 is 0 Å². The van der Waals surface area contributed by atoms with Gasteiger partial charge in [-0.25, -0.2) is 4.39 Å². The van der Waals surface area contributed by atoms with E-state index in [1.807, 2.05) is 12.1 Å². The molecular formula is C16H24FNO. The molecule has 3 heteroatoms. The van der Waals surface area contributed by atoms with E-state index in [1.54, 1.807) is 6.07 Å². The quantitative estimate of drug-likeness (QED) is 0.878. The van der Waals surface area contributed by atoms with E-state index in [4.69, 9.17) is 4.74 Å². The average Bonchev–Trinajstić information content (AvgIpc) is 2.45. The van der Waals surface area contributed by atoms with Gasteiger partial charge in [-0.05, 0) is 38.3 Å². The molecule has 1 heterocycles. The molecule has 0 amide bonds. The standard InChI is InChI=1S/C16H24FNO/c1-3-10-18-13-9-11-19-16(4-2,12-13)14-7-5-6-8-15(14)17/h5-8,13,18H,3-4,9-12H2,1-2H3. The van der Waals surface area contributed by atoms with Gasteiger partial charge in [0.25, 0.3) is 0 Å². The Labute approximate surface area is 115 Å². The Balaban J connectivity index is 2.20. The van der Waals surface area contributed by atoms with Crippen LogP contribution in [0.5, 0.6) is 0 Å². The van der Waals surface area contributed by atoms with Crippen LogP contribution in [0.25, 0.3) is 0 Å². The van der Waals surface area contributed by atoms with Gasteiger partial charge in [0, 0.05) is 18.2 Å². The van der Waals surface area contributed by atoms with Crippen molar-refractivity contribution < 1.29 is 9.13 Å². The van der Waals surface area contributed by atoms with Crippen molar-refractivity contribution in [3.05, 3.63) is 35.6 Å². The average molecular weight is 265 g/mol. The molecule has 2 rings (SSSR count). The Morgan fingerprint density at radius 3 is 2.84 bits per heavy atom. The highest BCUT2D eigenvalue weighted by Gasteiger charge is 2.39. The largest absolute Gasteiger partial charge is 0.370 e. The van der Waals surface area contributed by atoms with Gasteiger partial charge in [0.1, 0.15) is 5.82 Å². The maximum Gasteiger partial charge on any atom is 0.129 e. The molecule has 1 aromatic carbocycles. The van der Waals surface area contributed by atoms with Crippen molar-refractivity contribution in [3.8, 4) is 0 Å². The minimum absolute atomic E-state index is 0.152. The predicted octanol–water partition coefficient (Wildman–Crippen LogP) is 3.61. The van der Waals surface area contributed by atoms with Crippen molar-refractivity contribution in [2.45, 2.75) is 51.2 Å². The first-order chi connectivity index (χ1) is 9.22. The Morgan fingerprint density at radius 1 is 1.37 bits per heavy atom. The van der Waals surface area contributed by atoms with E-state index in [9.17, 15) is 4.39 Å². The summed E-state index contributed by atoms with van der Waals surface area (Å²) >= 11 is 0. The van der Waals surface area contributed by atoms with E-state index in [2.05, 4.69) is 19.2 Å². The molecule has 2 atom stereocenters. The second-order valence-corrected chi connectivity index (χ2v) is 5.32. The van der Waals surface area contributed by atoms with Gasteiger partial charge < -0.3 is 10.1 Å². The lowest BCUT2D eigenvalue weighted by Gasteiger charge is -2.41. The third-order valence-electron chi connectivity index (χ3n) is 4.04. The molecule has 1 N–H and O–H groups in total. The van der Waals surface area contributed by atoms with Gasteiger partial charge in [-0.2, -0.15) is 0 Å². The number of hydrogen-bond donors (Lipinski definition) is 1. The zero-order valence-corrected chi connectivity index (χ0v) is 11.9. The van der Waals surface area contributed by atoms with Crippen molar-refractivity contribution in [3.63, 3.8) is 0 Å². The first-order valence-electron chi connectivity index (χ1n) is 7.34. The highest BCUT2D eigenvalue weighted by atomic mass is 19.1. The predicted molar refractivity (Wildman–Crippen MR) is 75.6 cm³/mol. The SMILES string of the molecule is CCCNC1CCOC(CC)(c2ccccc2F)C1. The third kappa shape index (κ3) is 3.15. The number of rotatable bonds is 5. The summed E-state index contributed by atoms with van der Waals surface area (Å²) in [6, 6.07) is 7.44. The van der Waals surface area contributed by atoms with Crippen LogP contribution in [0.1, 0.15) is 45.1 Å². The second kappa shape index (κ2) is 6.49. The molecule has 0 aliphatic carbocycles. The third-order valence-corrected chi connectivity index (χ3v) is 4.04. The summed E-state index contributed by atoms with van der Waals surface area (Å²) in [5.41, 5.74) is 0.246. The van der Waals surface area contributed by atoms with E-state index >= 15 is 0 Å². The molecule has 1 aromatic rings. The van der Waals surface area contributed by atoms with Crippen LogP contribution in [0.2, 0.25) is 0 Å². The lowest BCUT2D eigenvalue weighted by molar-refractivity contribution is -0.0987. The van der Waals surface area contributed by atoms with Gasteiger partial charge in [-0.3, -0.25) is 0 Å². The fraction of sp³-hybridized carbons (Fsp3) is 0.625. The van der Waals surface area contributed by atoms with Gasteiger partial charge in [0.05, 0.1) is 5.60 Å². The number of nitrogens with one attached hydrogen (secondary N) is 1. The molecule has 0 saturated carbocycles. The molecule has 0 radical (unpaired) electrons. The molecular weight excluding hydrogens is 241 g/mol. The van der Waals surface area contributed by atoms with Crippen molar-refractivity contribution in [2.75, 3.05) is 13.2 Å². The highest BCUT2D eigenvalue weighted by molar-refractivity contribution is 5.25. The lowest BCUT2D eigenvalue weighted by atomic mass is 9.82. The van der Waals surface area contributed by atoms with Crippen molar-refractivity contribution in [1.82, 2.24) is 5.32 Å². The van der Waals surface area contributed by atoms with Crippen molar-refractivity contribution in [2.24, 2.45) is 0 Å². The monoisotopic (exact) mass is 265 g/mol. The Kier molecular flexibility index (Phi) is 4.94. The normalized spacial score (nSPS) is 27.4. The Morgan fingerprint density at radius 2 is 2.16 bits per heavy atom. The zero-order valence-electron chi connectivity index (χ0n) is 11.9. The molecule has 1 aliphatic rings. The van der Waals surface area contributed by atoms with E-state index in [-0.39, 0.29) is 5.82 Å². The smallest absolute Gasteiger partial charge is 0.129 e. The summed E-state index contributed by atoms with van der Waals surface area (Å²) in [5.74, 6) is -0.152. The van der Waals surface area contributed by atoms with Crippen LogP contribution in [-0.2, 0) is 10.3 Å². The summed E-state index contributed by atoms with van der Waals surface area (Å²) in [7, 11) is 0. The summed E-state index contributed by atoms with van der Waals surface area (Å²) in [6.45, 7) is 5.95. The fourth-order valence-corrected chi connectivity index (χ4v) is 2.93. The van der Waals surface area contributed by atoms with Crippen LogP contribution in [0, 0.1) is 5.82 Å². The summed E-state index contributed by atoms with van der Waals surface area (Å²) in [6.07, 6.45) is 3.79. The summed E-state index contributed by atoms with van der Waals surface area (Å²) in [5, 5.41) is 3.55. The van der Waals surface area contributed by atoms with Crippen molar-refractivity contribution >= 4 is 0 Å². The van der Waals surface area contributed by atoms with E-state index in [1.165, 1.54) is 6.07 Å². The minimum Gasteiger partial charge on any atom is -0.370 e. The lowest BCUT2D eigenvalue weighted by Crippen LogP contribution is -2.45. The van der Waals surface area contributed by atoms with Crippen LogP contribution >= 0.6 is 0 Å². The number of ether oxygens (including phenoxy) is 1. The molecule has 0 aromatic heterocycles. The highest BCUT2D eigenvalue weighted by Crippen LogP contribution is 2.39. The fourth-order valence-electron chi connectivity index (χ4n) is 2.93. The second-order valence-electron chi connectivity index (χ2n) is 5.32. The van der Waals surface area contributed by atoms with Crippen molar-refractivity contribution in [1.29, 1.82) is 0 Å². The minimum atomic E-state index is -0.463. The van der Waals surface area contributed by atoms with Crippen LogP contribution in [-0.4, -0.2) is 19.2 Å². The summed E-state index contributed by atoms with van der Waals surface area (Å²) < 4.78 is 20.1. The van der Waals surface area contributed by atoms with Crippen LogP contribution < -0.4 is 5.32 Å². The van der Waals surface area contributed by atoms with Gasteiger partial charge in [-0.15, -0.1) is 0 Å².